The van der Waals surface area contributed by atoms with Crippen LogP contribution in [0.5, 0.6) is 0 Å². The monoisotopic (exact) mass is 1580 g/mol. The van der Waals surface area contributed by atoms with Crippen LogP contribution in [0.1, 0.15) is 25.0 Å². The zero-order chi connectivity index (χ0) is 79.3. The zero-order valence-corrected chi connectivity index (χ0v) is 67.7. The average Bonchev–Trinajstić information content (AvgIpc) is 1.53. The third kappa shape index (κ3) is 10.8. The maximum atomic E-state index is 6.82. The largest absolute Gasteiger partial charge is 0.455 e. The smallest absolute Gasteiger partial charge is 0.161 e. The van der Waals surface area contributed by atoms with E-state index in [0.29, 0.717) is 0 Å². The Morgan fingerprint density at radius 2 is 0.775 bits per heavy atom. The van der Waals surface area contributed by atoms with Gasteiger partial charge in [-0.1, -0.05) is 347 Å². The standard InChI is InChI=1S/C41H26N2S2.C38H25N.C32H18N2OS/c1-41(2)30-21-10-8-17-26(30)32-24-15-6-7-16-25(24)33-28-19-12-20-29(37(28)45-38(33)34(32)41)40-42-35(23-13-4-3-5-14-23)39-36(43-40)27-18-9-11-22-31(27)44-39;1-3-13-26(14-4-1)37-30-18-7-9-20-32(30)38(33-21-10-8-19-31(33)37)27-23-24-36-34(25-27)29-17-11-12-22-35(29)39(36)28-15-5-2-6-16-28;1-3-10-19(11-4-1)21-16-9-17-24-25-22-14-7-8-15-23(22)31-26(30(25)35-29(21)24)28-32(36-31)27(33-18-34-28)20-12-5-2-6-13-20/h3-22H,1-2H3;1-25H;1-18H. The Hall–Kier alpha value is -14.6. The van der Waals surface area contributed by atoms with E-state index in [4.69, 9.17) is 24.4 Å². The normalized spacial score (nSPS) is 12.5. The maximum Gasteiger partial charge on any atom is 0.161 e. The molecule has 0 amide bonds. The van der Waals surface area contributed by atoms with Crippen LogP contribution in [0.3, 0.4) is 0 Å². The highest BCUT2D eigenvalue weighted by Gasteiger charge is 2.40. The van der Waals surface area contributed by atoms with Crippen molar-refractivity contribution in [2.45, 2.75) is 19.3 Å². The SMILES string of the molecule is CC1(C)c2ccccc2-c2c1c1sc3c(-c4nc(-c5ccccc5)c5sc6ccccc6c5n4)cccc3c1c1ccccc21.c1ccc(-c2c3ccccc3c(-c3ccc4c(c3)c3ccccc3n4-c3ccccc3)c3ccccc23)cc1.c1ccc(-c2cccc3c2oc2c3c3ccccc3c3sc4c(-c5ccccc5)ncnc4c23)cc1. The van der Waals surface area contributed by atoms with Crippen molar-refractivity contribution >= 4 is 182 Å². The van der Waals surface area contributed by atoms with Gasteiger partial charge in [-0.25, -0.2) is 19.9 Å². The first-order valence-corrected chi connectivity index (χ1v) is 43.2. The van der Waals surface area contributed by atoms with Crippen LogP contribution < -0.4 is 0 Å². The third-order valence-electron chi connectivity index (χ3n) is 24.6. The lowest BCUT2D eigenvalue weighted by molar-refractivity contribution is 0.667. The van der Waals surface area contributed by atoms with Gasteiger partial charge in [0.1, 0.15) is 17.5 Å². The Morgan fingerprint density at radius 3 is 1.46 bits per heavy atom. The molecule has 0 radical (unpaired) electrons. The molecule has 0 unspecified atom stereocenters. The summed E-state index contributed by atoms with van der Waals surface area (Å²) >= 11 is 5.45. The van der Waals surface area contributed by atoms with Crippen LogP contribution >= 0.6 is 34.0 Å². The summed E-state index contributed by atoms with van der Waals surface area (Å²) in [5, 5.41) is 19.9. The Morgan fingerprint density at radius 1 is 0.283 bits per heavy atom. The molecule has 18 aromatic carbocycles. The second-order valence-electron chi connectivity index (χ2n) is 31.6. The van der Waals surface area contributed by atoms with Gasteiger partial charge in [0.2, 0.25) is 0 Å². The lowest BCUT2D eigenvalue weighted by atomic mass is 9.81. The van der Waals surface area contributed by atoms with Crippen molar-refractivity contribution in [3.8, 4) is 84.1 Å². The topological polar surface area (TPSA) is 69.6 Å². The summed E-state index contributed by atoms with van der Waals surface area (Å²) in [6.07, 6.45) is 1.68. The highest BCUT2D eigenvalue weighted by molar-refractivity contribution is 7.28. The van der Waals surface area contributed by atoms with Crippen LogP contribution in [0.25, 0.3) is 232 Å². The molecule has 0 aliphatic heterocycles. The molecule has 9 heteroatoms. The summed E-state index contributed by atoms with van der Waals surface area (Å²) in [6, 6.07) is 135. The Bertz CT molecular complexity index is 8440. The molecule has 120 heavy (non-hydrogen) atoms. The fraction of sp³-hybridized carbons (Fsp3) is 0.0270. The molecule has 0 fully saturated rings. The number of thiophene rings is 3. The minimum absolute atomic E-state index is 0.110. The van der Waals surface area contributed by atoms with Crippen molar-refractivity contribution in [2.24, 2.45) is 0 Å². The Kier molecular flexibility index (Phi) is 16.1. The number of benzene rings is 18. The molecule has 6 nitrogen and oxygen atoms in total. The Balaban J connectivity index is 0.000000103. The molecule has 0 saturated heterocycles. The number of aromatic nitrogens is 5. The van der Waals surface area contributed by atoms with Crippen LogP contribution in [0.4, 0.5) is 0 Å². The van der Waals surface area contributed by atoms with Crippen LogP contribution in [-0.4, -0.2) is 24.5 Å². The molecular weight excluding hydrogens is 1520 g/mol. The number of fused-ring (bicyclic) bond motifs is 28. The minimum Gasteiger partial charge on any atom is -0.455 e. The van der Waals surface area contributed by atoms with E-state index < -0.39 is 0 Å². The van der Waals surface area contributed by atoms with Gasteiger partial charge in [-0.2, -0.15) is 0 Å². The molecule has 0 atom stereocenters. The highest BCUT2D eigenvalue weighted by Crippen LogP contribution is 2.59. The van der Waals surface area contributed by atoms with E-state index in [0.717, 1.165) is 92.8 Å². The molecule has 1 aliphatic rings. The van der Waals surface area contributed by atoms with Gasteiger partial charge in [0.15, 0.2) is 5.82 Å². The van der Waals surface area contributed by atoms with Gasteiger partial charge in [0, 0.05) is 95.2 Å². The van der Waals surface area contributed by atoms with Crippen molar-refractivity contribution in [3.63, 3.8) is 0 Å². The Labute approximate surface area is 702 Å². The molecule has 562 valence electrons. The molecule has 7 aromatic heterocycles. The van der Waals surface area contributed by atoms with E-state index in [-0.39, 0.29) is 5.41 Å². The fourth-order valence-electron chi connectivity index (χ4n) is 19.4. The number of hydrogen-bond donors (Lipinski definition) is 0. The summed E-state index contributed by atoms with van der Waals surface area (Å²) < 4.78 is 16.5. The maximum absolute atomic E-state index is 6.82. The predicted molar refractivity (Wildman–Crippen MR) is 511 cm³/mol. The van der Waals surface area contributed by atoms with Crippen molar-refractivity contribution in [1.29, 1.82) is 0 Å². The average molecular weight is 1590 g/mol. The summed E-state index contributed by atoms with van der Waals surface area (Å²) in [7, 11) is 0. The van der Waals surface area contributed by atoms with Crippen molar-refractivity contribution in [2.75, 3.05) is 0 Å². The first-order valence-electron chi connectivity index (χ1n) is 40.7. The molecule has 26 rings (SSSR count). The van der Waals surface area contributed by atoms with Crippen molar-refractivity contribution < 1.29 is 4.42 Å². The second-order valence-corrected chi connectivity index (χ2v) is 34.7. The zero-order valence-electron chi connectivity index (χ0n) is 65.2. The van der Waals surface area contributed by atoms with E-state index in [2.05, 4.69) is 382 Å². The van der Waals surface area contributed by atoms with Crippen LogP contribution in [0.15, 0.2) is 387 Å². The van der Waals surface area contributed by atoms with Crippen LogP contribution in [0, 0.1) is 0 Å². The van der Waals surface area contributed by atoms with Gasteiger partial charge < -0.3 is 8.98 Å². The number of rotatable bonds is 7. The molecule has 0 spiro atoms. The summed E-state index contributed by atoms with van der Waals surface area (Å²) in [5.74, 6) is 0.783. The van der Waals surface area contributed by atoms with Crippen molar-refractivity contribution in [1.82, 2.24) is 24.5 Å². The minimum atomic E-state index is -0.110. The number of nitrogens with zero attached hydrogens (tertiary/aromatic N) is 5. The van der Waals surface area contributed by atoms with E-state index in [1.165, 1.54) is 150 Å². The molecule has 1 aliphatic carbocycles. The van der Waals surface area contributed by atoms with Gasteiger partial charge in [0.05, 0.1) is 48.2 Å². The fourth-order valence-corrected chi connectivity index (χ4v) is 23.4. The summed E-state index contributed by atoms with van der Waals surface area (Å²) in [5.41, 5.74) is 25.5. The molecular formula is C111H69N5OS3. The molecule has 25 aromatic rings. The van der Waals surface area contributed by atoms with Gasteiger partial charge in [-0.15, -0.1) is 34.0 Å². The molecule has 0 N–H and O–H groups in total. The quantitative estimate of drug-likeness (QED) is 0.149. The van der Waals surface area contributed by atoms with E-state index in [9.17, 15) is 0 Å². The van der Waals surface area contributed by atoms with Crippen LogP contribution in [0.2, 0.25) is 0 Å². The summed E-state index contributed by atoms with van der Waals surface area (Å²) in [6.45, 7) is 4.78. The molecule has 7 heterocycles. The summed E-state index contributed by atoms with van der Waals surface area (Å²) in [4.78, 5) is 20.2. The predicted octanol–water partition coefficient (Wildman–Crippen LogP) is 31.7. The first kappa shape index (κ1) is 69.7. The lowest BCUT2D eigenvalue weighted by Gasteiger charge is -2.22. The lowest BCUT2D eigenvalue weighted by Crippen LogP contribution is -2.15. The van der Waals surface area contributed by atoms with Gasteiger partial charge in [0.25, 0.3) is 0 Å². The molecule has 0 saturated carbocycles. The van der Waals surface area contributed by atoms with Gasteiger partial charge in [-0.05, 0) is 130 Å². The first-order chi connectivity index (χ1) is 59.4. The number of furan rings is 1. The van der Waals surface area contributed by atoms with Crippen molar-refractivity contribution in [3.05, 3.63) is 394 Å². The third-order valence-corrected chi connectivity index (χ3v) is 28.3. The van der Waals surface area contributed by atoms with Gasteiger partial charge >= 0.3 is 0 Å². The second kappa shape index (κ2) is 27.8. The number of hydrogen-bond acceptors (Lipinski definition) is 8. The van der Waals surface area contributed by atoms with Crippen LogP contribution in [-0.2, 0) is 5.41 Å². The van der Waals surface area contributed by atoms with E-state index in [1.54, 1.807) is 29.0 Å². The van der Waals surface area contributed by atoms with E-state index >= 15 is 0 Å². The van der Waals surface area contributed by atoms with E-state index in [1.807, 2.05) is 23.5 Å². The molecule has 0 bridgehead atoms. The number of para-hydroxylation sites is 3. The highest BCUT2D eigenvalue weighted by atomic mass is 32.1. The van der Waals surface area contributed by atoms with Gasteiger partial charge in [-0.3, -0.25) is 0 Å².